The van der Waals surface area contributed by atoms with Crippen molar-refractivity contribution in [1.29, 1.82) is 0 Å². The van der Waals surface area contributed by atoms with Crippen LogP contribution < -0.4 is 20.3 Å². The Labute approximate surface area is 193 Å². The van der Waals surface area contributed by atoms with E-state index >= 15 is 0 Å². The number of nitrogens with zero attached hydrogens (tertiary/aromatic N) is 3. The third-order valence-corrected chi connectivity index (χ3v) is 6.31. The van der Waals surface area contributed by atoms with Gasteiger partial charge in [0.05, 0.1) is 31.6 Å². The highest BCUT2D eigenvalue weighted by Crippen LogP contribution is 2.37. The van der Waals surface area contributed by atoms with Gasteiger partial charge in [-0.1, -0.05) is 17.4 Å². The number of hydrogen-bond acceptors (Lipinski definition) is 8. The van der Waals surface area contributed by atoms with Gasteiger partial charge < -0.3 is 19.5 Å². The lowest BCUT2D eigenvalue weighted by Gasteiger charge is -2.14. The summed E-state index contributed by atoms with van der Waals surface area (Å²) in [7, 11) is 1.54. The van der Waals surface area contributed by atoms with Gasteiger partial charge in [-0.3, -0.25) is 10.2 Å². The molecule has 0 spiro atoms. The van der Waals surface area contributed by atoms with Crippen molar-refractivity contribution < 1.29 is 23.8 Å². The van der Waals surface area contributed by atoms with E-state index in [0.29, 0.717) is 54.3 Å². The normalized spacial score (nSPS) is 15.8. The molecule has 1 saturated heterocycles. The maximum absolute atomic E-state index is 12.6. The summed E-state index contributed by atoms with van der Waals surface area (Å²) < 4.78 is 16.6. The van der Waals surface area contributed by atoms with Gasteiger partial charge in [-0.15, -0.1) is 0 Å². The van der Waals surface area contributed by atoms with Crippen LogP contribution in [0.2, 0.25) is 0 Å². The van der Waals surface area contributed by atoms with Crippen molar-refractivity contribution >= 4 is 55.8 Å². The molecule has 1 aromatic carbocycles. The molecule has 0 unspecified atom stereocenters. The summed E-state index contributed by atoms with van der Waals surface area (Å²) in [5, 5.41) is 5.99. The van der Waals surface area contributed by atoms with Gasteiger partial charge in [-0.25, -0.2) is 19.6 Å². The average molecular weight is 468 g/mol. The second kappa shape index (κ2) is 9.04. The maximum Gasteiger partial charge on any atom is 0.414 e. The number of ether oxygens (including phenoxy) is 3. The van der Waals surface area contributed by atoms with Gasteiger partial charge in [0.1, 0.15) is 12.1 Å². The van der Waals surface area contributed by atoms with Crippen molar-refractivity contribution in [3.05, 3.63) is 42.1 Å². The highest BCUT2D eigenvalue weighted by atomic mass is 32.1. The molecular formula is C22H21N5O5S. The fourth-order valence-corrected chi connectivity index (χ4v) is 4.70. The van der Waals surface area contributed by atoms with Crippen molar-refractivity contribution in [2.45, 2.75) is 6.42 Å². The van der Waals surface area contributed by atoms with E-state index in [0.717, 1.165) is 22.3 Å². The Kier molecular flexibility index (Phi) is 5.80. The van der Waals surface area contributed by atoms with Gasteiger partial charge in [0.2, 0.25) is 5.88 Å². The van der Waals surface area contributed by atoms with E-state index in [-0.39, 0.29) is 6.09 Å². The molecule has 33 heavy (non-hydrogen) atoms. The Hall–Kier alpha value is -3.70. The van der Waals surface area contributed by atoms with E-state index in [1.165, 1.54) is 16.2 Å². The lowest BCUT2D eigenvalue weighted by Crippen LogP contribution is -2.23. The van der Waals surface area contributed by atoms with Crippen molar-refractivity contribution in [1.82, 2.24) is 9.97 Å². The predicted molar refractivity (Wildman–Crippen MR) is 125 cm³/mol. The molecule has 0 radical (unpaired) electrons. The molecule has 0 bridgehead atoms. The third kappa shape index (κ3) is 4.32. The van der Waals surface area contributed by atoms with Crippen LogP contribution in [0.1, 0.15) is 12.0 Å². The highest BCUT2D eigenvalue weighted by molar-refractivity contribution is 7.22. The molecule has 3 aromatic rings. The van der Waals surface area contributed by atoms with Gasteiger partial charge in [0.25, 0.3) is 0 Å². The number of pyridine rings is 1. The summed E-state index contributed by atoms with van der Waals surface area (Å²) in [5.74, 6) is 0.405. The van der Waals surface area contributed by atoms with Crippen LogP contribution in [-0.2, 0) is 9.47 Å². The predicted octanol–water partition coefficient (Wildman–Crippen LogP) is 4.10. The van der Waals surface area contributed by atoms with Crippen LogP contribution >= 0.6 is 11.3 Å². The maximum atomic E-state index is 12.6. The Morgan fingerprint density at radius 2 is 2.06 bits per heavy atom. The molecule has 3 amide bonds. The first-order chi connectivity index (χ1) is 16.1. The quantitative estimate of drug-likeness (QED) is 0.580. The Balaban J connectivity index is 1.33. The van der Waals surface area contributed by atoms with Crippen molar-refractivity contribution in [3.63, 3.8) is 0 Å². The first-order valence-corrected chi connectivity index (χ1v) is 11.2. The summed E-state index contributed by atoms with van der Waals surface area (Å²) >= 11 is 1.36. The Morgan fingerprint density at radius 1 is 1.21 bits per heavy atom. The van der Waals surface area contributed by atoms with Crippen molar-refractivity contribution in [2.24, 2.45) is 0 Å². The van der Waals surface area contributed by atoms with Crippen LogP contribution in [-0.4, -0.2) is 55.6 Å². The molecule has 2 aliphatic rings. The number of hydrogen-bond donors (Lipinski definition) is 2. The molecule has 10 nitrogen and oxygen atoms in total. The number of amides is 3. The highest BCUT2D eigenvalue weighted by Gasteiger charge is 2.23. The standard InChI is InChI=1S/C22H21N5O5S/c1-30-19-17-18(16(12-23-19)13-6-9-31-10-7-13)33-21(25-17)26-20(28)24-14-2-4-15(5-3-14)27-8-11-32-22(27)29/h2-6,12H,7-11H2,1H3,(H2,24,25,26,28). The number of thiazole rings is 1. The molecule has 1 fully saturated rings. The van der Waals surface area contributed by atoms with Crippen LogP contribution in [0, 0.1) is 0 Å². The summed E-state index contributed by atoms with van der Waals surface area (Å²) in [6.45, 7) is 2.10. The molecule has 2 N–H and O–H groups in total. The molecule has 5 rings (SSSR count). The van der Waals surface area contributed by atoms with Crippen LogP contribution in [0.25, 0.3) is 15.8 Å². The first kappa shape index (κ1) is 21.2. The van der Waals surface area contributed by atoms with E-state index in [1.807, 2.05) is 6.08 Å². The molecule has 4 heterocycles. The lowest BCUT2D eigenvalue weighted by atomic mass is 10.0. The third-order valence-electron chi connectivity index (χ3n) is 5.31. The molecule has 2 aliphatic heterocycles. The summed E-state index contributed by atoms with van der Waals surface area (Å²) in [6, 6.07) is 6.53. The first-order valence-electron chi connectivity index (χ1n) is 10.4. The Morgan fingerprint density at radius 3 is 2.76 bits per heavy atom. The summed E-state index contributed by atoms with van der Waals surface area (Å²) in [6.07, 6.45) is 4.23. The van der Waals surface area contributed by atoms with Gasteiger partial charge in [-0.05, 0) is 36.3 Å². The second-order valence-electron chi connectivity index (χ2n) is 7.32. The minimum Gasteiger partial charge on any atom is -0.479 e. The Bertz CT molecular complexity index is 1240. The number of methoxy groups -OCH3 is 1. The molecule has 0 atom stereocenters. The molecule has 11 heteroatoms. The van der Waals surface area contributed by atoms with E-state index in [9.17, 15) is 9.59 Å². The number of fused-ring (bicyclic) bond motifs is 1. The minimum atomic E-state index is -0.429. The number of anilines is 3. The number of aromatic nitrogens is 2. The van der Waals surface area contributed by atoms with Crippen molar-refractivity contribution in [2.75, 3.05) is 49.0 Å². The van der Waals surface area contributed by atoms with Crippen LogP contribution in [0.5, 0.6) is 5.88 Å². The monoisotopic (exact) mass is 467 g/mol. The average Bonchev–Trinajstić information content (AvgIpc) is 3.45. The fraction of sp³-hybridized carbons (Fsp3) is 0.273. The largest absolute Gasteiger partial charge is 0.479 e. The van der Waals surface area contributed by atoms with Crippen LogP contribution in [0.4, 0.5) is 26.1 Å². The number of carbonyl (C=O) groups excluding carboxylic acids is 2. The zero-order chi connectivity index (χ0) is 22.8. The summed E-state index contributed by atoms with van der Waals surface area (Å²) in [4.78, 5) is 34.7. The van der Waals surface area contributed by atoms with E-state index in [2.05, 4.69) is 20.6 Å². The van der Waals surface area contributed by atoms with Gasteiger partial charge >= 0.3 is 12.1 Å². The number of benzene rings is 1. The van der Waals surface area contributed by atoms with E-state index < -0.39 is 6.03 Å². The molecule has 2 aromatic heterocycles. The molecule has 0 aliphatic carbocycles. The lowest BCUT2D eigenvalue weighted by molar-refractivity contribution is 0.161. The van der Waals surface area contributed by atoms with Gasteiger partial charge in [0.15, 0.2) is 5.13 Å². The number of cyclic esters (lactones) is 1. The van der Waals surface area contributed by atoms with Crippen molar-refractivity contribution in [3.8, 4) is 5.88 Å². The van der Waals surface area contributed by atoms with Crippen LogP contribution in [0.15, 0.2) is 36.5 Å². The minimum absolute atomic E-state index is 0.370. The number of carbonyl (C=O) groups is 2. The van der Waals surface area contributed by atoms with E-state index in [4.69, 9.17) is 14.2 Å². The van der Waals surface area contributed by atoms with E-state index in [1.54, 1.807) is 37.6 Å². The molecule has 0 saturated carbocycles. The smallest absolute Gasteiger partial charge is 0.414 e. The van der Waals surface area contributed by atoms with Gasteiger partial charge in [0, 0.05) is 23.1 Å². The second-order valence-corrected chi connectivity index (χ2v) is 8.32. The van der Waals surface area contributed by atoms with Crippen LogP contribution in [0.3, 0.4) is 0 Å². The topological polar surface area (TPSA) is 115 Å². The fourth-order valence-electron chi connectivity index (χ4n) is 3.71. The zero-order valence-electron chi connectivity index (χ0n) is 17.8. The number of rotatable bonds is 5. The SMILES string of the molecule is COc1ncc(C2=CCOCC2)c2sc(NC(=O)Nc3ccc(N4CCOC4=O)cc3)nc12. The summed E-state index contributed by atoms with van der Waals surface area (Å²) in [5.41, 5.74) is 4.00. The molecule has 170 valence electrons. The molecular weight excluding hydrogens is 446 g/mol. The van der Waals surface area contributed by atoms with Gasteiger partial charge in [-0.2, -0.15) is 0 Å². The zero-order valence-corrected chi connectivity index (χ0v) is 18.6. The number of urea groups is 1. The number of nitrogens with one attached hydrogen (secondary N) is 2.